The second kappa shape index (κ2) is 2.68. The first-order valence-corrected chi connectivity index (χ1v) is 2.88. The zero-order valence-electron chi connectivity index (χ0n) is 5.32. The smallest absolute Gasteiger partial charge is 0.257 e. The van der Waals surface area contributed by atoms with Gasteiger partial charge in [-0.25, -0.2) is 5.06 Å². The molecule has 1 atom stereocenters. The number of nitrogens with zero attached hydrogens (tertiary/aromatic N) is 1. The number of nitrogens with two attached hydrogens (primary N) is 1. The lowest BCUT2D eigenvalue weighted by molar-refractivity contribution is -0.142. The van der Waals surface area contributed by atoms with Gasteiger partial charge in [-0.15, -0.1) is 0 Å². The van der Waals surface area contributed by atoms with E-state index in [9.17, 15) is 4.79 Å². The predicted molar refractivity (Wildman–Crippen MR) is 33.8 cm³/mol. The molecule has 0 radical (unpaired) electrons. The average Bonchev–Trinajstić information content (AvgIpc) is 1.88. The first-order chi connectivity index (χ1) is 4.72. The maximum absolute atomic E-state index is 10.5. The summed E-state index contributed by atoms with van der Waals surface area (Å²) in [6.07, 6.45) is 2.29. The fourth-order valence-corrected chi connectivity index (χ4v) is 0.751. The van der Waals surface area contributed by atoms with Crippen molar-refractivity contribution in [3.8, 4) is 0 Å². The normalized spacial score (nSPS) is 24.9. The summed E-state index contributed by atoms with van der Waals surface area (Å²) >= 11 is 0. The van der Waals surface area contributed by atoms with Crippen LogP contribution in [0.1, 0.15) is 0 Å². The van der Waals surface area contributed by atoms with Crippen molar-refractivity contribution in [3.63, 3.8) is 0 Å². The third kappa shape index (κ3) is 1.26. The van der Waals surface area contributed by atoms with Gasteiger partial charge in [0.25, 0.3) is 5.91 Å². The lowest BCUT2D eigenvalue weighted by Crippen LogP contribution is -2.52. The fraction of sp³-hybridized carbons (Fsp3) is 0.400. The largest absolute Gasteiger partial charge is 0.367 e. The molecule has 0 aromatic carbocycles. The molecule has 0 saturated carbocycles. The second-order valence-corrected chi connectivity index (χ2v) is 1.98. The molecule has 0 aromatic rings. The fourth-order valence-electron chi connectivity index (χ4n) is 0.751. The SMILES string of the molecule is NC(=O)C1NCC=CN1O. The lowest BCUT2D eigenvalue weighted by atomic mass is 10.4. The molecule has 5 nitrogen and oxygen atoms in total. The lowest BCUT2D eigenvalue weighted by Gasteiger charge is -2.25. The summed E-state index contributed by atoms with van der Waals surface area (Å²) in [4.78, 5) is 10.5. The summed E-state index contributed by atoms with van der Waals surface area (Å²) < 4.78 is 0. The molecular formula is C5H9N3O2. The quantitative estimate of drug-likeness (QED) is 0.422. The minimum Gasteiger partial charge on any atom is -0.367 e. The van der Waals surface area contributed by atoms with E-state index in [1.165, 1.54) is 6.20 Å². The Morgan fingerprint density at radius 3 is 3.00 bits per heavy atom. The maximum Gasteiger partial charge on any atom is 0.257 e. The van der Waals surface area contributed by atoms with Crippen molar-refractivity contribution in [2.75, 3.05) is 6.54 Å². The highest BCUT2D eigenvalue weighted by Crippen LogP contribution is 1.96. The van der Waals surface area contributed by atoms with Gasteiger partial charge in [-0.05, 0) is 0 Å². The summed E-state index contributed by atoms with van der Waals surface area (Å²) in [5.41, 5.74) is 4.92. The number of carbonyl (C=O) groups is 1. The summed E-state index contributed by atoms with van der Waals surface area (Å²) in [7, 11) is 0. The summed E-state index contributed by atoms with van der Waals surface area (Å²) in [5, 5.41) is 12.3. The second-order valence-electron chi connectivity index (χ2n) is 1.98. The molecule has 1 aliphatic heterocycles. The number of hydroxylamine groups is 2. The third-order valence-corrected chi connectivity index (χ3v) is 1.22. The van der Waals surface area contributed by atoms with Crippen molar-refractivity contribution >= 4 is 5.91 Å². The Balaban J connectivity index is 2.60. The van der Waals surface area contributed by atoms with E-state index in [-0.39, 0.29) is 0 Å². The first kappa shape index (κ1) is 7.04. The van der Waals surface area contributed by atoms with Gasteiger partial charge < -0.3 is 5.73 Å². The topological polar surface area (TPSA) is 78.6 Å². The Labute approximate surface area is 58.1 Å². The number of carbonyl (C=O) groups excluding carboxylic acids is 1. The molecule has 1 heterocycles. The number of primary amides is 1. The van der Waals surface area contributed by atoms with Crippen LogP contribution in [0.4, 0.5) is 0 Å². The van der Waals surface area contributed by atoms with E-state index in [0.717, 1.165) is 5.06 Å². The molecule has 5 heteroatoms. The monoisotopic (exact) mass is 143 g/mol. The molecule has 1 rings (SSSR count). The molecule has 0 fully saturated rings. The molecular weight excluding hydrogens is 134 g/mol. The van der Waals surface area contributed by atoms with Crippen molar-refractivity contribution in [1.29, 1.82) is 0 Å². The van der Waals surface area contributed by atoms with E-state index in [1.807, 2.05) is 0 Å². The molecule has 1 aliphatic rings. The van der Waals surface area contributed by atoms with Gasteiger partial charge in [0, 0.05) is 12.7 Å². The van der Waals surface area contributed by atoms with Crippen LogP contribution in [0.2, 0.25) is 0 Å². The minimum absolute atomic E-state index is 0.546. The highest BCUT2D eigenvalue weighted by atomic mass is 16.5. The predicted octanol–water partition coefficient (Wildman–Crippen LogP) is -1.39. The molecule has 0 aromatic heterocycles. The van der Waals surface area contributed by atoms with Crippen LogP contribution in [0.5, 0.6) is 0 Å². The number of hydrogen-bond acceptors (Lipinski definition) is 4. The number of hydrogen-bond donors (Lipinski definition) is 3. The van der Waals surface area contributed by atoms with E-state index >= 15 is 0 Å². The number of nitrogens with one attached hydrogen (secondary N) is 1. The van der Waals surface area contributed by atoms with Crippen molar-refractivity contribution in [2.45, 2.75) is 6.17 Å². The number of amides is 1. The molecule has 10 heavy (non-hydrogen) atoms. The molecule has 0 aliphatic carbocycles. The third-order valence-electron chi connectivity index (χ3n) is 1.22. The van der Waals surface area contributed by atoms with E-state index in [2.05, 4.69) is 5.32 Å². The van der Waals surface area contributed by atoms with Gasteiger partial charge in [0.2, 0.25) is 0 Å². The Hall–Kier alpha value is -1.07. The van der Waals surface area contributed by atoms with Crippen LogP contribution in [0, 0.1) is 0 Å². The zero-order valence-corrected chi connectivity index (χ0v) is 5.32. The van der Waals surface area contributed by atoms with Gasteiger partial charge in [0.05, 0.1) is 0 Å². The summed E-state index contributed by atoms with van der Waals surface area (Å²) in [6, 6.07) is 0. The van der Waals surface area contributed by atoms with Crippen molar-refractivity contribution in [1.82, 2.24) is 10.4 Å². The molecule has 56 valence electrons. The molecule has 1 unspecified atom stereocenters. The van der Waals surface area contributed by atoms with E-state index in [0.29, 0.717) is 6.54 Å². The molecule has 0 saturated heterocycles. The van der Waals surface area contributed by atoms with Crippen molar-refractivity contribution in [3.05, 3.63) is 12.3 Å². The Kier molecular flexibility index (Phi) is 1.88. The minimum atomic E-state index is -0.787. The van der Waals surface area contributed by atoms with Gasteiger partial charge in [0.1, 0.15) is 0 Å². The average molecular weight is 143 g/mol. The van der Waals surface area contributed by atoms with Crippen LogP contribution >= 0.6 is 0 Å². The highest BCUT2D eigenvalue weighted by Gasteiger charge is 2.20. The van der Waals surface area contributed by atoms with Crippen molar-refractivity contribution in [2.24, 2.45) is 5.73 Å². The number of rotatable bonds is 1. The van der Waals surface area contributed by atoms with Crippen molar-refractivity contribution < 1.29 is 10.0 Å². The van der Waals surface area contributed by atoms with E-state index in [4.69, 9.17) is 10.9 Å². The van der Waals surface area contributed by atoms with Crippen LogP contribution in [0.15, 0.2) is 12.3 Å². The van der Waals surface area contributed by atoms with Crippen LogP contribution in [0.3, 0.4) is 0 Å². The van der Waals surface area contributed by atoms with E-state index in [1.54, 1.807) is 6.08 Å². The van der Waals surface area contributed by atoms with Crippen LogP contribution < -0.4 is 11.1 Å². The summed E-state index contributed by atoms with van der Waals surface area (Å²) in [5.74, 6) is -0.591. The van der Waals surface area contributed by atoms with Gasteiger partial charge in [-0.2, -0.15) is 0 Å². The van der Waals surface area contributed by atoms with Gasteiger partial charge in [0.15, 0.2) is 6.17 Å². The highest BCUT2D eigenvalue weighted by molar-refractivity contribution is 5.79. The standard InChI is InChI=1S/C5H9N3O2/c6-4(9)5-7-2-1-3-8(5)10/h1,3,5,7,10H,2H2,(H2,6,9). The molecule has 0 spiro atoms. The molecule has 4 N–H and O–H groups in total. The molecule has 0 bridgehead atoms. The van der Waals surface area contributed by atoms with Gasteiger partial charge in [-0.1, -0.05) is 6.08 Å². The van der Waals surface area contributed by atoms with Crippen LogP contribution in [0.25, 0.3) is 0 Å². The van der Waals surface area contributed by atoms with Crippen LogP contribution in [-0.2, 0) is 4.79 Å². The Bertz CT molecular complexity index is 168. The Morgan fingerprint density at radius 2 is 2.60 bits per heavy atom. The van der Waals surface area contributed by atoms with Gasteiger partial charge >= 0.3 is 0 Å². The maximum atomic E-state index is 10.5. The Morgan fingerprint density at radius 1 is 1.90 bits per heavy atom. The van der Waals surface area contributed by atoms with Crippen LogP contribution in [-0.4, -0.2) is 28.9 Å². The van der Waals surface area contributed by atoms with Gasteiger partial charge in [-0.3, -0.25) is 15.3 Å². The van der Waals surface area contributed by atoms with E-state index < -0.39 is 12.1 Å². The first-order valence-electron chi connectivity index (χ1n) is 2.88. The summed E-state index contributed by atoms with van der Waals surface area (Å²) in [6.45, 7) is 0.546. The molecule has 1 amide bonds. The zero-order chi connectivity index (χ0) is 7.56.